The molecule has 74 valence electrons. The molecule has 0 aliphatic heterocycles. The summed E-state index contributed by atoms with van der Waals surface area (Å²) in [4.78, 5) is 4.55. The van der Waals surface area contributed by atoms with Crippen molar-refractivity contribution in [3.05, 3.63) is 35.3 Å². The molecule has 0 aromatic carbocycles. The Morgan fingerprint density at radius 1 is 1.50 bits per heavy atom. The maximum atomic E-state index is 5.71. The molecule has 0 saturated carbocycles. The lowest BCUT2D eigenvalue weighted by Crippen LogP contribution is -2.03. The second-order valence-corrected chi connectivity index (χ2v) is 3.50. The van der Waals surface area contributed by atoms with Gasteiger partial charge in [0.05, 0.1) is 11.4 Å². The van der Waals surface area contributed by atoms with E-state index in [0.29, 0.717) is 6.54 Å². The summed E-state index contributed by atoms with van der Waals surface area (Å²) in [6.45, 7) is 4.73. The quantitative estimate of drug-likeness (QED) is 0.780. The summed E-state index contributed by atoms with van der Waals surface area (Å²) in [5, 5.41) is 0. The van der Waals surface area contributed by atoms with E-state index in [1.807, 2.05) is 6.20 Å². The van der Waals surface area contributed by atoms with Gasteiger partial charge < -0.3 is 10.1 Å². The van der Waals surface area contributed by atoms with E-state index in [2.05, 4.69) is 35.4 Å². The largest absolute Gasteiger partial charge is 0.325 e. The van der Waals surface area contributed by atoms with Crippen LogP contribution in [0.25, 0.3) is 5.65 Å². The minimum absolute atomic E-state index is 0.549. The zero-order valence-corrected chi connectivity index (χ0v) is 8.62. The van der Waals surface area contributed by atoms with Crippen molar-refractivity contribution in [3.63, 3.8) is 0 Å². The summed E-state index contributed by atoms with van der Waals surface area (Å²) >= 11 is 0. The van der Waals surface area contributed by atoms with E-state index < -0.39 is 0 Å². The molecule has 0 fully saturated rings. The first-order valence-corrected chi connectivity index (χ1v) is 4.92. The van der Waals surface area contributed by atoms with E-state index in [1.165, 1.54) is 5.56 Å². The van der Waals surface area contributed by atoms with Crippen LogP contribution in [-0.4, -0.2) is 9.38 Å². The number of hydrogen-bond acceptors (Lipinski definition) is 2. The van der Waals surface area contributed by atoms with Crippen molar-refractivity contribution in [1.29, 1.82) is 0 Å². The zero-order valence-electron chi connectivity index (χ0n) is 8.62. The number of nitrogens with two attached hydrogens (primary N) is 1. The molecule has 2 heterocycles. The number of fused-ring (bicyclic) bond motifs is 1. The first kappa shape index (κ1) is 9.21. The van der Waals surface area contributed by atoms with Gasteiger partial charge in [-0.3, -0.25) is 0 Å². The summed E-state index contributed by atoms with van der Waals surface area (Å²) in [6.07, 6.45) is 2.98. The highest BCUT2D eigenvalue weighted by Crippen LogP contribution is 2.13. The number of aryl methyl sites for hydroxylation is 2. The Kier molecular flexibility index (Phi) is 2.25. The van der Waals surface area contributed by atoms with Crippen molar-refractivity contribution < 1.29 is 0 Å². The highest BCUT2D eigenvalue weighted by Gasteiger charge is 2.08. The topological polar surface area (TPSA) is 43.3 Å². The number of rotatable bonds is 2. The van der Waals surface area contributed by atoms with E-state index >= 15 is 0 Å². The van der Waals surface area contributed by atoms with Gasteiger partial charge in [-0.25, -0.2) is 4.98 Å². The molecule has 0 atom stereocenters. The molecule has 3 nitrogen and oxygen atoms in total. The maximum Gasteiger partial charge on any atom is 0.137 e. The van der Waals surface area contributed by atoms with Gasteiger partial charge in [-0.2, -0.15) is 0 Å². The molecule has 0 aliphatic carbocycles. The standard InChI is InChI=1S/C11H15N3/c1-3-9-10(7-12)14-5-4-8(2)6-11(14)13-9/h4-6H,3,7,12H2,1-2H3. The molecule has 0 aliphatic rings. The highest BCUT2D eigenvalue weighted by atomic mass is 15.0. The number of aromatic nitrogens is 2. The van der Waals surface area contributed by atoms with Crippen molar-refractivity contribution in [3.8, 4) is 0 Å². The third kappa shape index (κ3) is 1.30. The van der Waals surface area contributed by atoms with Crippen molar-refractivity contribution in [2.45, 2.75) is 26.8 Å². The SMILES string of the molecule is CCc1nc2cc(C)ccn2c1CN. The average Bonchev–Trinajstić information content (AvgIpc) is 2.54. The van der Waals surface area contributed by atoms with Gasteiger partial charge in [0.25, 0.3) is 0 Å². The Hall–Kier alpha value is -1.35. The Balaban J connectivity index is 2.73. The van der Waals surface area contributed by atoms with Crippen molar-refractivity contribution in [1.82, 2.24) is 9.38 Å². The molecule has 0 bridgehead atoms. The Bertz CT molecular complexity index is 457. The smallest absolute Gasteiger partial charge is 0.137 e. The molecular formula is C11H15N3. The fraction of sp³-hybridized carbons (Fsp3) is 0.364. The van der Waals surface area contributed by atoms with Crippen LogP contribution in [0.2, 0.25) is 0 Å². The van der Waals surface area contributed by atoms with E-state index in [4.69, 9.17) is 5.73 Å². The van der Waals surface area contributed by atoms with Crippen LogP contribution in [0, 0.1) is 6.92 Å². The van der Waals surface area contributed by atoms with Crippen LogP contribution in [0.1, 0.15) is 23.9 Å². The van der Waals surface area contributed by atoms with Crippen molar-refractivity contribution in [2.75, 3.05) is 0 Å². The summed E-state index contributed by atoms with van der Waals surface area (Å²) in [6, 6.07) is 4.16. The molecule has 3 heteroatoms. The van der Waals surface area contributed by atoms with Crippen LogP contribution in [0.3, 0.4) is 0 Å². The van der Waals surface area contributed by atoms with Gasteiger partial charge in [-0.15, -0.1) is 0 Å². The monoisotopic (exact) mass is 189 g/mol. The highest BCUT2D eigenvalue weighted by molar-refractivity contribution is 5.45. The third-order valence-corrected chi connectivity index (χ3v) is 2.49. The molecule has 14 heavy (non-hydrogen) atoms. The lowest BCUT2D eigenvalue weighted by Gasteiger charge is -2.00. The predicted molar refractivity (Wildman–Crippen MR) is 57.2 cm³/mol. The van der Waals surface area contributed by atoms with Crippen LogP contribution in [0.15, 0.2) is 18.3 Å². The lowest BCUT2D eigenvalue weighted by atomic mass is 10.2. The fourth-order valence-corrected chi connectivity index (χ4v) is 1.75. The summed E-state index contributed by atoms with van der Waals surface area (Å²) in [7, 11) is 0. The first-order chi connectivity index (χ1) is 6.76. The molecule has 2 aromatic rings. The molecule has 0 amide bonds. The Morgan fingerprint density at radius 3 is 2.93 bits per heavy atom. The minimum atomic E-state index is 0.549. The molecule has 2 N–H and O–H groups in total. The van der Waals surface area contributed by atoms with Gasteiger partial charge in [-0.1, -0.05) is 6.92 Å². The molecular weight excluding hydrogens is 174 g/mol. The summed E-state index contributed by atoms with van der Waals surface area (Å²) in [5.74, 6) is 0. The second-order valence-electron chi connectivity index (χ2n) is 3.50. The van der Waals surface area contributed by atoms with Crippen LogP contribution in [0.4, 0.5) is 0 Å². The van der Waals surface area contributed by atoms with Gasteiger partial charge >= 0.3 is 0 Å². The Morgan fingerprint density at radius 2 is 2.29 bits per heavy atom. The van der Waals surface area contributed by atoms with E-state index in [-0.39, 0.29) is 0 Å². The van der Waals surface area contributed by atoms with Crippen LogP contribution < -0.4 is 5.73 Å². The normalized spacial score (nSPS) is 11.1. The van der Waals surface area contributed by atoms with Gasteiger partial charge in [0, 0.05) is 12.7 Å². The third-order valence-electron chi connectivity index (χ3n) is 2.49. The Labute approximate surface area is 83.6 Å². The van der Waals surface area contributed by atoms with E-state index in [1.54, 1.807) is 0 Å². The van der Waals surface area contributed by atoms with Crippen LogP contribution in [-0.2, 0) is 13.0 Å². The average molecular weight is 189 g/mol. The second kappa shape index (κ2) is 3.42. The van der Waals surface area contributed by atoms with Crippen molar-refractivity contribution >= 4 is 5.65 Å². The summed E-state index contributed by atoms with van der Waals surface area (Å²) < 4.78 is 2.08. The number of imidazole rings is 1. The van der Waals surface area contributed by atoms with Crippen LogP contribution in [0.5, 0.6) is 0 Å². The fourth-order valence-electron chi connectivity index (χ4n) is 1.75. The van der Waals surface area contributed by atoms with E-state index in [0.717, 1.165) is 23.5 Å². The molecule has 0 saturated heterocycles. The summed E-state index contributed by atoms with van der Waals surface area (Å²) in [5.41, 5.74) is 10.2. The maximum absolute atomic E-state index is 5.71. The predicted octanol–water partition coefficient (Wildman–Crippen LogP) is 1.66. The number of hydrogen-bond donors (Lipinski definition) is 1. The van der Waals surface area contributed by atoms with Gasteiger partial charge in [0.15, 0.2) is 0 Å². The first-order valence-electron chi connectivity index (χ1n) is 4.92. The van der Waals surface area contributed by atoms with E-state index in [9.17, 15) is 0 Å². The van der Waals surface area contributed by atoms with Gasteiger partial charge in [-0.05, 0) is 31.0 Å². The molecule has 2 aromatic heterocycles. The lowest BCUT2D eigenvalue weighted by molar-refractivity contribution is 0.915. The zero-order chi connectivity index (χ0) is 10.1. The minimum Gasteiger partial charge on any atom is -0.325 e. The molecule has 0 radical (unpaired) electrons. The van der Waals surface area contributed by atoms with Gasteiger partial charge in [0.2, 0.25) is 0 Å². The van der Waals surface area contributed by atoms with Crippen LogP contribution >= 0.6 is 0 Å². The number of pyridine rings is 1. The number of nitrogens with zero attached hydrogens (tertiary/aromatic N) is 2. The molecule has 0 unspecified atom stereocenters. The molecule has 2 rings (SSSR count). The van der Waals surface area contributed by atoms with Gasteiger partial charge in [0.1, 0.15) is 5.65 Å². The molecule has 0 spiro atoms. The van der Waals surface area contributed by atoms with Crippen molar-refractivity contribution in [2.24, 2.45) is 5.73 Å².